The molecule has 0 saturated heterocycles. The Balaban J connectivity index is 1.58. The van der Waals surface area contributed by atoms with Gasteiger partial charge < -0.3 is 15.4 Å². The van der Waals surface area contributed by atoms with E-state index in [-0.39, 0.29) is 11.8 Å². The molecule has 6 heteroatoms. The molecule has 2 amide bonds. The lowest BCUT2D eigenvalue weighted by Gasteiger charge is -2.11. The van der Waals surface area contributed by atoms with Gasteiger partial charge in [0.1, 0.15) is 12.4 Å². The van der Waals surface area contributed by atoms with Crippen LogP contribution in [0.4, 0.5) is 11.4 Å². The molecule has 0 radical (unpaired) electrons. The summed E-state index contributed by atoms with van der Waals surface area (Å²) in [4.78, 5) is 27.7. The van der Waals surface area contributed by atoms with Gasteiger partial charge in [0, 0.05) is 31.0 Å². The minimum Gasteiger partial charge on any atom is -0.489 e. The summed E-state index contributed by atoms with van der Waals surface area (Å²) in [5.41, 5.74) is 3.95. The lowest BCUT2D eigenvalue weighted by molar-refractivity contribution is -0.114. The minimum absolute atomic E-state index is 0.198. The zero-order valence-electron chi connectivity index (χ0n) is 16.9. The van der Waals surface area contributed by atoms with E-state index in [1.165, 1.54) is 13.0 Å². The molecule has 2 N–H and O–H groups in total. The summed E-state index contributed by atoms with van der Waals surface area (Å²) < 4.78 is 5.73. The Morgan fingerprint density at radius 1 is 1.03 bits per heavy atom. The fourth-order valence-electron chi connectivity index (χ4n) is 2.73. The monoisotopic (exact) mass is 401 g/mol. The van der Waals surface area contributed by atoms with Crippen molar-refractivity contribution < 1.29 is 14.3 Å². The smallest absolute Gasteiger partial charge is 0.248 e. The van der Waals surface area contributed by atoms with Crippen molar-refractivity contribution in [1.29, 1.82) is 0 Å². The van der Waals surface area contributed by atoms with Gasteiger partial charge in [0.05, 0.1) is 11.4 Å². The third-order valence-corrected chi connectivity index (χ3v) is 4.18. The predicted molar refractivity (Wildman–Crippen MR) is 118 cm³/mol. The molecule has 0 aliphatic heterocycles. The number of carbonyl (C=O) groups is 2. The number of carbonyl (C=O) groups excluding carboxylic acids is 2. The highest BCUT2D eigenvalue weighted by atomic mass is 16.5. The van der Waals surface area contributed by atoms with E-state index in [2.05, 4.69) is 15.6 Å². The fraction of sp³-hybridized carbons (Fsp3) is 0.125. The SMILES string of the molecule is CC(=O)Nc1ccc(C)cc1NC(=O)/C=C/c1ccc(OCc2cccnc2)cc1. The van der Waals surface area contributed by atoms with Crippen LogP contribution >= 0.6 is 0 Å². The van der Waals surface area contributed by atoms with Crippen molar-refractivity contribution in [2.45, 2.75) is 20.5 Å². The highest BCUT2D eigenvalue weighted by molar-refractivity contribution is 6.05. The molecule has 152 valence electrons. The average molecular weight is 401 g/mol. The van der Waals surface area contributed by atoms with Crippen molar-refractivity contribution >= 4 is 29.3 Å². The van der Waals surface area contributed by atoms with Crippen molar-refractivity contribution in [2.75, 3.05) is 10.6 Å². The molecular weight excluding hydrogens is 378 g/mol. The number of nitrogens with one attached hydrogen (secondary N) is 2. The van der Waals surface area contributed by atoms with E-state index in [0.717, 1.165) is 22.4 Å². The second-order valence-corrected chi connectivity index (χ2v) is 6.77. The Kier molecular flexibility index (Phi) is 6.95. The van der Waals surface area contributed by atoms with Crippen molar-refractivity contribution in [1.82, 2.24) is 4.98 Å². The molecule has 0 spiro atoms. The molecule has 1 aromatic heterocycles. The van der Waals surface area contributed by atoms with Gasteiger partial charge in [-0.3, -0.25) is 14.6 Å². The van der Waals surface area contributed by atoms with E-state index in [4.69, 9.17) is 4.74 Å². The molecule has 3 rings (SSSR count). The van der Waals surface area contributed by atoms with E-state index in [0.29, 0.717) is 18.0 Å². The number of hydrogen-bond donors (Lipinski definition) is 2. The van der Waals surface area contributed by atoms with Gasteiger partial charge in [-0.25, -0.2) is 0 Å². The Bertz CT molecular complexity index is 1050. The number of rotatable bonds is 7. The van der Waals surface area contributed by atoms with Gasteiger partial charge >= 0.3 is 0 Å². The Hall–Kier alpha value is -3.93. The largest absolute Gasteiger partial charge is 0.489 e. The molecule has 0 bridgehead atoms. The third kappa shape index (κ3) is 6.31. The zero-order valence-corrected chi connectivity index (χ0v) is 16.9. The number of nitrogens with zero attached hydrogens (tertiary/aromatic N) is 1. The van der Waals surface area contributed by atoms with Crippen molar-refractivity contribution in [3.63, 3.8) is 0 Å². The topological polar surface area (TPSA) is 80.3 Å². The van der Waals surface area contributed by atoms with Crippen LogP contribution in [0.25, 0.3) is 6.08 Å². The van der Waals surface area contributed by atoms with Gasteiger partial charge in [-0.05, 0) is 54.5 Å². The average Bonchev–Trinajstić information content (AvgIpc) is 2.74. The Labute approximate surface area is 175 Å². The molecule has 6 nitrogen and oxygen atoms in total. The number of hydrogen-bond acceptors (Lipinski definition) is 4. The summed E-state index contributed by atoms with van der Waals surface area (Å²) in [6.45, 7) is 3.79. The number of benzene rings is 2. The summed E-state index contributed by atoms with van der Waals surface area (Å²) in [6.07, 6.45) is 6.65. The molecule has 0 atom stereocenters. The first-order valence-corrected chi connectivity index (χ1v) is 9.49. The van der Waals surface area contributed by atoms with Crippen LogP contribution in [-0.4, -0.2) is 16.8 Å². The summed E-state index contributed by atoms with van der Waals surface area (Å²) in [5.74, 6) is 0.250. The maximum absolute atomic E-state index is 12.3. The summed E-state index contributed by atoms with van der Waals surface area (Å²) in [6, 6.07) is 16.7. The first kappa shape index (κ1) is 20.8. The fourth-order valence-corrected chi connectivity index (χ4v) is 2.73. The van der Waals surface area contributed by atoms with Crippen LogP contribution in [0.15, 0.2) is 73.1 Å². The second kappa shape index (κ2) is 10.0. The van der Waals surface area contributed by atoms with Crippen LogP contribution in [0, 0.1) is 6.92 Å². The van der Waals surface area contributed by atoms with Crippen LogP contribution in [0.5, 0.6) is 5.75 Å². The predicted octanol–water partition coefficient (Wildman–Crippen LogP) is 4.58. The summed E-state index contributed by atoms with van der Waals surface area (Å²) >= 11 is 0. The number of ether oxygens (including phenoxy) is 1. The van der Waals surface area contributed by atoms with E-state index in [1.54, 1.807) is 24.5 Å². The lowest BCUT2D eigenvalue weighted by atomic mass is 10.1. The highest BCUT2D eigenvalue weighted by Gasteiger charge is 2.07. The molecule has 0 saturated carbocycles. The van der Waals surface area contributed by atoms with Crippen molar-refractivity contribution in [2.24, 2.45) is 0 Å². The molecule has 3 aromatic rings. The molecular formula is C24H23N3O3. The number of aromatic nitrogens is 1. The molecule has 2 aromatic carbocycles. The molecule has 0 fully saturated rings. The van der Waals surface area contributed by atoms with Crippen LogP contribution in [-0.2, 0) is 16.2 Å². The first-order chi connectivity index (χ1) is 14.5. The zero-order chi connectivity index (χ0) is 21.3. The van der Waals surface area contributed by atoms with E-state index in [1.807, 2.05) is 55.5 Å². The number of amides is 2. The molecule has 0 aliphatic carbocycles. The second-order valence-electron chi connectivity index (χ2n) is 6.77. The van der Waals surface area contributed by atoms with Crippen LogP contribution in [0.2, 0.25) is 0 Å². The molecule has 1 heterocycles. The van der Waals surface area contributed by atoms with Crippen molar-refractivity contribution in [3.8, 4) is 5.75 Å². The third-order valence-electron chi connectivity index (χ3n) is 4.18. The van der Waals surface area contributed by atoms with E-state index in [9.17, 15) is 9.59 Å². The van der Waals surface area contributed by atoms with Gasteiger partial charge in [-0.15, -0.1) is 0 Å². The molecule has 0 unspecified atom stereocenters. The van der Waals surface area contributed by atoms with Gasteiger partial charge in [-0.2, -0.15) is 0 Å². The number of aryl methyl sites for hydroxylation is 1. The van der Waals surface area contributed by atoms with Gasteiger partial charge in [0.2, 0.25) is 11.8 Å². The highest BCUT2D eigenvalue weighted by Crippen LogP contribution is 2.23. The van der Waals surface area contributed by atoms with Gasteiger partial charge in [0.25, 0.3) is 0 Å². The Morgan fingerprint density at radius 3 is 2.53 bits per heavy atom. The van der Waals surface area contributed by atoms with E-state index < -0.39 is 0 Å². The molecule has 0 aliphatic rings. The van der Waals surface area contributed by atoms with Gasteiger partial charge in [0.15, 0.2) is 0 Å². The van der Waals surface area contributed by atoms with Crippen LogP contribution in [0.3, 0.4) is 0 Å². The van der Waals surface area contributed by atoms with Crippen molar-refractivity contribution in [3.05, 3.63) is 89.8 Å². The summed E-state index contributed by atoms with van der Waals surface area (Å²) in [5, 5.41) is 5.52. The summed E-state index contributed by atoms with van der Waals surface area (Å²) in [7, 11) is 0. The van der Waals surface area contributed by atoms with E-state index >= 15 is 0 Å². The molecule has 30 heavy (non-hydrogen) atoms. The Morgan fingerprint density at radius 2 is 1.83 bits per heavy atom. The normalized spacial score (nSPS) is 10.6. The first-order valence-electron chi connectivity index (χ1n) is 9.49. The van der Waals surface area contributed by atoms with Crippen LogP contribution in [0.1, 0.15) is 23.6 Å². The number of anilines is 2. The quantitative estimate of drug-likeness (QED) is 0.568. The lowest BCUT2D eigenvalue weighted by Crippen LogP contribution is -2.13. The minimum atomic E-state index is -0.288. The maximum atomic E-state index is 12.3. The number of pyridine rings is 1. The maximum Gasteiger partial charge on any atom is 0.248 e. The van der Waals surface area contributed by atoms with Gasteiger partial charge in [-0.1, -0.05) is 24.3 Å². The van der Waals surface area contributed by atoms with Crippen LogP contribution < -0.4 is 15.4 Å². The standard InChI is InChI=1S/C24H23N3O3/c1-17-5-11-22(26-18(2)28)23(14-17)27-24(29)12-8-19-6-9-21(10-7-19)30-16-20-4-3-13-25-15-20/h3-15H,16H2,1-2H3,(H,26,28)(H,27,29)/b12-8+.